The molecule has 0 aromatic heterocycles. The Morgan fingerprint density at radius 1 is 1.06 bits per heavy atom. The Hall–Kier alpha value is -2.49. The maximum atomic E-state index is 15.1. The number of likely N-dealkylation sites (N-methyl/N-ethyl adjacent to an activating group) is 1. The average molecular weight is 462 g/mol. The van der Waals surface area contributed by atoms with Crippen molar-refractivity contribution in [3.63, 3.8) is 0 Å². The topological polar surface area (TPSA) is 34.4 Å². The lowest BCUT2D eigenvalue weighted by Crippen LogP contribution is -2.43. The van der Waals surface area contributed by atoms with Crippen LogP contribution in [0.5, 0.6) is 0 Å². The SMILES string of the molecule is C=S(N1CCN(C)CC1)N(Cc1ccc(C2=NN=C(C(F)F)C2)cc1F)c1ccccc1. The maximum Gasteiger partial charge on any atom is 0.278 e. The molecular weight excluding hydrogens is 435 g/mol. The van der Waals surface area contributed by atoms with Gasteiger partial charge < -0.3 is 9.21 Å². The zero-order valence-corrected chi connectivity index (χ0v) is 18.7. The van der Waals surface area contributed by atoms with Crippen LogP contribution in [0.4, 0.5) is 18.9 Å². The first-order chi connectivity index (χ1) is 15.4. The van der Waals surface area contributed by atoms with Crippen molar-refractivity contribution in [1.82, 2.24) is 9.21 Å². The summed E-state index contributed by atoms with van der Waals surface area (Å²) >= 11 is 0. The molecule has 2 heterocycles. The number of benzene rings is 2. The van der Waals surface area contributed by atoms with Gasteiger partial charge in [0.2, 0.25) is 0 Å². The molecule has 2 aliphatic heterocycles. The Balaban J connectivity index is 1.54. The summed E-state index contributed by atoms with van der Waals surface area (Å²) in [5, 5.41) is 7.33. The summed E-state index contributed by atoms with van der Waals surface area (Å²) in [6.45, 7) is 4.09. The van der Waals surface area contributed by atoms with Crippen molar-refractivity contribution in [2.24, 2.45) is 10.2 Å². The molecule has 2 aliphatic rings. The molecule has 0 N–H and O–H groups in total. The summed E-state index contributed by atoms with van der Waals surface area (Å²) in [7, 11) is 1.62. The molecule has 2 aromatic carbocycles. The van der Waals surface area contributed by atoms with E-state index in [9.17, 15) is 8.78 Å². The molecule has 0 radical (unpaired) electrons. The number of piperazine rings is 1. The van der Waals surface area contributed by atoms with Gasteiger partial charge in [0.1, 0.15) is 11.5 Å². The van der Waals surface area contributed by atoms with Gasteiger partial charge in [-0.05, 0) is 42.0 Å². The van der Waals surface area contributed by atoms with Gasteiger partial charge in [0, 0.05) is 49.4 Å². The van der Waals surface area contributed by atoms with Crippen LogP contribution in [0, 0.1) is 5.82 Å². The highest BCUT2D eigenvalue weighted by molar-refractivity contribution is 8.13. The van der Waals surface area contributed by atoms with Gasteiger partial charge in [0.25, 0.3) is 6.43 Å². The molecule has 32 heavy (non-hydrogen) atoms. The molecule has 4 rings (SSSR count). The van der Waals surface area contributed by atoms with E-state index in [2.05, 4.69) is 36.6 Å². The standard InChI is InChI=1S/C23H26F3N5S/c1-29-10-12-30(13-11-29)32(2)31(19-6-4-3-5-7-19)16-18-9-8-17(14-20(18)24)21-15-22(23(25)26)28-27-21/h3-9,14,23H,2,10-13,15-16H2,1H3. The first-order valence-electron chi connectivity index (χ1n) is 10.4. The van der Waals surface area contributed by atoms with E-state index >= 15 is 4.39 Å². The van der Waals surface area contributed by atoms with E-state index < -0.39 is 23.1 Å². The van der Waals surface area contributed by atoms with Gasteiger partial charge in [0.05, 0.1) is 12.3 Å². The van der Waals surface area contributed by atoms with Gasteiger partial charge in [0.15, 0.2) is 0 Å². The summed E-state index contributed by atoms with van der Waals surface area (Å²) in [6, 6.07) is 14.7. The Labute approximate surface area is 189 Å². The van der Waals surface area contributed by atoms with Crippen LogP contribution in [0.2, 0.25) is 0 Å². The van der Waals surface area contributed by atoms with E-state index in [1.54, 1.807) is 12.1 Å². The highest BCUT2D eigenvalue weighted by atomic mass is 32.2. The smallest absolute Gasteiger partial charge is 0.278 e. The van der Waals surface area contributed by atoms with Crippen LogP contribution in [0.15, 0.2) is 58.7 Å². The third kappa shape index (κ3) is 5.11. The Kier molecular flexibility index (Phi) is 7.07. The zero-order chi connectivity index (χ0) is 22.7. The van der Waals surface area contributed by atoms with Crippen molar-refractivity contribution in [3.05, 3.63) is 65.5 Å². The van der Waals surface area contributed by atoms with Crippen molar-refractivity contribution in [2.45, 2.75) is 19.4 Å². The van der Waals surface area contributed by atoms with Crippen LogP contribution in [0.3, 0.4) is 0 Å². The van der Waals surface area contributed by atoms with Crippen LogP contribution in [-0.2, 0) is 6.54 Å². The first-order valence-corrected chi connectivity index (χ1v) is 11.7. The van der Waals surface area contributed by atoms with Crippen LogP contribution in [0.25, 0.3) is 0 Å². The number of halogens is 3. The van der Waals surface area contributed by atoms with Gasteiger partial charge in [-0.3, -0.25) is 0 Å². The molecule has 0 amide bonds. The molecule has 1 atom stereocenters. The molecule has 2 aromatic rings. The van der Waals surface area contributed by atoms with Crippen LogP contribution >= 0.6 is 10.9 Å². The van der Waals surface area contributed by atoms with Gasteiger partial charge in [-0.2, -0.15) is 10.2 Å². The molecule has 1 unspecified atom stereocenters. The lowest BCUT2D eigenvalue weighted by molar-refractivity contribution is 0.224. The average Bonchev–Trinajstić information content (AvgIpc) is 3.30. The molecule has 0 spiro atoms. The quantitative estimate of drug-likeness (QED) is 0.573. The van der Waals surface area contributed by atoms with E-state index in [4.69, 9.17) is 0 Å². The van der Waals surface area contributed by atoms with Crippen LogP contribution < -0.4 is 4.31 Å². The van der Waals surface area contributed by atoms with E-state index in [0.29, 0.717) is 23.4 Å². The van der Waals surface area contributed by atoms with Crippen molar-refractivity contribution in [3.8, 4) is 0 Å². The molecule has 170 valence electrons. The van der Waals surface area contributed by atoms with Gasteiger partial charge in [-0.1, -0.05) is 30.3 Å². The molecule has 0 aliphatic carbocycles. The number of para-hydroxylation sites is 1. The highest BCUT2D eigenvalue weighted by Crippen LogP contribution is 2.33. The minimum atomic E-state index is -2.65. The second-order valence-corrected chi connectivity index (χ2v) is 9.50. The third-order valence-corrected chi connectivity index (χ3v) is 7.47. The van der Waals surface area contributed by atoms with Crippen molar-refractivity contribution in [2.75, 3.05) is 37.5 Å². The summed E-state index contributed by atoms with van der Waals surface area (Å²) < 4.78 is 45.2. The maximum absolute atomic E-state index is 15.1. The molecule has 0 saturated carbocycles. The van der Waals surface area contributed by atoms with E-state index in [-0.39, 0.29) is 12.1 Å². The fraction of sp³-hybridized carbons (Fsp3) is 0.348. The minimum absolute atomic E-state index is 0.0572. The fourth-order valence-electron chi connectivity index (χ4n) is 3.68. The number of alkyl halides is 2. The van der Waals surface area contributed by atoms with Crippen LogP contribution in [-0.4, -0.2) is 66.2 Å². The zero-order valence-electron chi connectivity index (χ0n) is 17.9. The molecule has 5 nitrogen and oxygen atoms in total. The number of anilines is 1. The molecule has 1 fully saturated rings. The summed E-state index contributed by atoms with van der Waals surface area (Å²) in [6.07, 6.45) is -2.71. The second kappa shape index (κ2) is 9.97. The fourth-order valence-corrected chi connectivity index (χ4v) is 5.19. The summed E-state index contributed by atoms with van der Waals surface area (Å²) in [5.41, 5.74) is 2.04. The Morgan fingerprint density at radius 2 is 1.78 bits per heavy atom. The van der Waals surface area contributed by atoms with Gasteiger partial charge >= 0.3 is 0 Å². The predicted molar refractivity (Wildman–Crippen MR) is 127 cm³/mol. The number of hydrogen-bond donors (Lipinski definition) is 0. The summed E-state index contributed by atoms with van der Waals surface area (Å²) in [4.78, 5) is 2.29. The number of nitrogens with zero attached hydrogens (tertiary/aromatic N) is 5. The van der Waals surface area contributed by atoms with E-state index in [1.165, 1.54) is 6.07 Å². The first kappa shape index (κ1) is 22.7. The minimum Gasteiger partial charge on any atom is -0.306 e. The van der Waals surface area contributed by atoms with Gasteiger partial charge in [-0.15, -0.1) is 0 Å². The Morgan fingerprint density at radius 3 is 2.41 bits per heavy atom. The molecular formula is C23H26F3N5S. The molecule has 9 heteroatoms. The summed E-state index contributed by atoms with van der Waals surface area (Å²) in [5.74, 6) is 4.03. The van der Waals surface area contributed by atoms with Crippen molar-refractivity contribution < 1.29 is 13.2 Å². The van der Waals surface area contributed by atoms with E-state index in [0.717, 1.165) is 31.9 Å². The monoisotopic (exact) mass is 461 g/mol. The Bertz CT molecular complexity index is 1030. The lowest BCUT2D eigenvalue weighted by atomic mass is 10.0. The van der Waals surface area contributed by atoms with Crippen LogP contribution in [0.1, 0.15) is 17.5 Å². The number of rotatable bonds is 7. The number of hydrogen-bond acceptors (Lipinski definition) is 5. The predicted octanol–water partition coefficient (Wildman–Crippen LogP) is 4.42. The highest BCUT2D eigenvalue weighted by Gasteiger charge is 2.24. The normalized spacial score (nSPS) is 18.5. The molecule has 1 saturated heterocycles. The van der Waals surface area contributed by atoms with Crippen molar-refractivity contribution >= 4 is 33.8 Å². The lowest BCUT2D eigenvalue weighted by Gasteiger charge is -2.39. The molecule has 0 bridgehead atoms. The second-order valence-electron chi connectivity index (χ2n) is 7.87. The van der Waals surface area contributed by atoms with E-state index in [1.807, 2.05) is 30.3 Å². The van der Waals surface area contributed by atoms with Crippen molar-refractivity contribution in [1.29, 1.82) is 0 Å². The third-order valence-electron chi connectivity index (χ3n) is 5.66. The van der Waals surface area contributed by atoms with Gasteiger partial charge in [-0.25, -0.2) is 17.5 Å². The largest absolute Gasteiger partial charge is 0.306 e.